The molecule has 1 aromatic heterocycles. The van der Waals surface area contributed by atoms with Gasteiger partial charge in [0.1, 0.15) is 23.4 Å². The Balaban J connectivity index is 1.40. The number of amides is 1. The number of aliphatic hydroxyl groups excluding tert-OH is 1. The number of aromatic nitrogens is 2. The van der Waals surface area contributed by atoms with Crippen LogP contribution in [0.3, 0.4) is 0 Å². The topological polar surface area (TPSA) is 119 Å². The van der Waals surface area contributed by atoms with E-state index in [1.54, 1.807) is 48.5 Å². The Bertz CT molecular complexity index is 1790. The van der Waals surface area contributed by atoms with E-state index in [0.717, 1.165) is 16.9 Å². The molecule has 1 amide bonds. The van der Waals surface area contributed by atoms with Gasteiger partial charge in [-0.2, -0.15) is 0 Å². The van der Waals surface area contributed by atoms with Crippen molar-refractivity contribution in [3.8, 4) is 5.75 Å². The zero-order valence-corrected chi connectivity index (χ0v) is 24.6. The predicted molar refractivity (Wildman–Crippen MR) is 159 cm³/mol. The van der Waals surface area contributed by atoms with Gasteiger partial charge < -0.3 is 14.6 Å². The van der Waals surface area contributed by atoms with Gasteiger partial charge in [0.05, 0.1) is 24.3 Å². The van der Waals surface area contributed by atoms with Gasteiger partial charge in [0, 0.05) is 17.7 Å². The third-order valence-electron chi connectivity index (χ3n) is 7.17. The number of fused-ring (bicyclic) bond motifs is 1. The van der Waals surface area contributed by atoms with Crippen molar-refractivity contribution in [3.05, 3.63) is 106 Å². The van der Waals surface area contributed by atoms with Crippen LogP contribution in [-0.2, 0) is 26.5 Å². The number of anilines is 1. The molecule has 3 aromatic carbocycles. The SMILES string of the molecule is COC(=O)c1ccc([C@@H]2/C(=C(\O)c3ccc4c(c3)C[C@H](C)O4)C(=O)C(=O)N2c2nnc(SCc3ccccc3F)s2)cc1. The molecule has 9 nitrogen and oxygen atoms in total. The summed E-state index contributed by atoms with van der Waals surface area (Å²) in [6, 6.07) is 16.7. The highest BCUT2D eigenvalue weighted by Crippen LogP contribution is 2.44. The molecule has 218 valence electrons. The van der Waals surface area contributed by atoms with Crippen molar-refractivity contribution in [3.63, 3.8) is 0 Å². The Hall–Kier alpha value is -4.55. The van der Waals surface area contributed by atoms with Gasteiger partial charge in [-0.25, -0.2) is 9.18 Å². The molecule has 12 heteroatoms. The number of nitrogens with zero attached hydrogens (tertiary/aromatic N) is 3. The van der Waals surface area contributed by atoms with Gasteiger partial charge in [0.15, 0.2) is 4.34 Å². The zero-order chi connectivity index (χ0) is 30.2. The van der Waals surface area contributed by atoms with Gasteiger partial charge in [-0.15, -0.1) is 10.2 Å². The van der Waals surface area contributed by atoms with E-state index in [4.69, 9.17) is 9.47 Å². The summed E-state index contributed by atoms with van der Waals surface area (Å²) in [6.07, 6.45) is 0.621. The van der Waals surface area contributed by atoms with Gasteiger partial charge in [0.25, 0.3) is 5.78 Å². The van der Waals surface area contributed by atoms with E-state index in [0.29, 0.717) is 39.0 Å². The van der Waals surface area contributed by atoms with Crippen LogP contribution in [0.4, 0.5) is 9.52 Å². The maximum atomic E-state index is 14.1. The van der Waals surface area contributed by atoms with Crippen LogP contribution in [0, 0.1) is 5.82 Å². The smallest absolute Gasteiger partial charge is 0.337 e. The van der Waals surface area contributed by atoms with Crippen molar-refractivity contribution in [2.75, 3.05) is 12.0 Å². The molecule has 2 atom stereocenters. The minimum Gasteiger partial charge on any atom is -0.507 e. The first kappa shape index (κ1) is 28.6. The highest BCUT2D eigenvalue weighted by molar-refractivity contribution is 8.00. The third-order valence-corrected chi connectivity index (χ3v) is 9.28. The molecule has 43 heavy (non-hydrogen) atoms. The van der Waals surface area contributed by atoms with Gasteiger partial charge in [-0.05, 0) is 60.0 Å². The molecular weight excluding hydrogens is 593 g/mol. The number of rotatable bonds is 7. The second-order valence-corrected chi connectivity index (χ2v) is 12.1. The average molecular weight is 618 g/mol. The second kappa shape index (κ2) is 11.6. The lowest BCUT2D eigenvalue weighted by Crippen LogP contribution is -2.29. The molecule has 0 saturated carbocycles. The van der Waals surface area contributed by atoms with Gasteiger partial charge in [0.2, 0.25) is 5.13 Å². The lowest BCUT2D eigenvalue weighted by atomic mass is 9.94. The van der Waals surface area contributed by atoms with Crippen LogP contribution in [0.1, 0.15) is 45.6 Å². The summed E-state index contributed by atoms with van der Waals surface area (Å²) in [5.74, 6) is -2.01. The van der Waals surface area contributed by atoms with Crippen molar-refractivity contribution in [1.29, 1.82) is 0 Å². The van der Waals surface area contributed by atoms with Gasteiger partial charge in [-0.1, -0.05) is 53.4 Å². The van der Waals surface area contributed by atoms with Crippen LogP contribution in [0.2, 0.25) is 0 Å². The molecule has 0 aliphatic carbocycles. The molecule has 1 N–H and O–H groups in total. The standard InChI is InChI=1S/C31H24FN3O6S2/c1-16-13-21-14-19(11-12-23(21)41-16)26(36)24-25(17-7-9-18(10-8-17)29(39)40-2)35(28(38)27(24)37)30-33-34-31(43-30)42-15-20-5-3-4-6-22(20)32/h3-12,14,16,25,36H,13,15H2,1-2H3/b26-24+/t16-,25+/m0/s1. The van der Waals surface area contributed by atoms with Crippen LogP contribution in [-0.4, -0.2) is 46.2 Å². The van der Waals surface area contributed by atoms with E-state index in [1.165, 1.54) is 42.0 Å². The van der Waals surface area contributed by atoms with Crippen LogP contribution >= 0.6 is 23.1 Å². The molecule has 4 aromatic rings. The summed E-state index contributed by atoms with van der Waals surface area (Å²) in [4.78, 5) is 40.3. The molecule has 2 aliphatic heterocycles. The van der Waals surface area contributed by atoms with E-state index >= 15 is 0 Å². The maximum absolute atomic E-state index is 14.1. The van der Waals surface area contributed by atoms with E-state index in [1.807, 2.05) is 6.92 Å². The molecule has 0 unspecified atom stereocenters. The van der Waals surface area contributed by atoms with Crippen LogP contribution in [0.25, 0.3) is 5.76 Å². The number of ketones is 1. The van der Waals surface area contributed by atoms with Crippen LogP contribution < -0.4 is 9.64 Å². The number of halogens is 1. The number of benzene rings is 3. The molecule has 0 radical (unpaired) electrons. The number of ether oxygens (including phenoxy) is 2. The fourth-order valence-corrected chi connectivity index (χ4v) is 6.96. The summed E-state index contributed by atoms with van der Waals surface area (Å²) < 4.78 is 25.2. The number of hydrogen-bond donors (Lipinski definition) is 1. The highest BCUT2D eigenvalue weighted by Gasteiger charge is 2.48. The number of methoxy groups -OCH3 is 1. The Kier molecular flexibility index (Phi) is 7.72. The molecule has 1 fully saturated rings. The zero-order valence-electron chi connectivity index (χ0n) is 22.9. The molecule has 2 aliphatic rings. The van der Waals surface area contributed by atoms with Crippen LogP contribution in [0.5, 0.6) is 5.75 Å². The number of Topliss-reactive ketones (excluding diaryl/α,β-unsaturated/α-hetero) is 1. The normalized spacial score (nSPS) is 18.9. The maximum Gasteiger partial charge on any atom is 0.337 e. The lowest BCUT2D eigenvalue weighted by Gasteiger charge is -2.22. The molecule has 0 spiro atoms. The first-order valence-electron chi connectivity index (χ1n) is 13.2. The fraction of sp³-hybridized carbons (Fsp3) is 0.194. The Labute approximate surface area is 254 Å². The van der Waals surface area contributed by atoms with E-state index < -0.39 is 23.7 Å². The average Bonchev–Trinajstić information content (AvgIpc) is 3.70. The van der Waals surface area contributed by atoms with E-state index in [-0.39, 0.29) is 33.9 Å². The van der Waals surface area contributed by atoms with Crippen LogP contribution in [0.15, 0.2) is 76.6 Å². The Morgan fingerprint density at radius 2 is 1.86 bits per heavy atom. The minimum atomic E-state index is -1.06. The molecular formula is C31H24FN3O6S2. The summed E-state index contributed by atoms with van der Waals surface area (Å²) in [5, 5.41) is 20.0. The molecule has 6 rings (SSSR count). The van der Waals surface area contributed by atoms with Crippen molar-refractivity contribution in [2.45, 2.75) is 35.6 Å². The highest BCUT2D eigenvalue weighted by atomic mass is 32.2. The van der Waals surface area contributed by atoms with Crippen molar-refractivity contribution >= 4 is 51.6 Å². The summed E-state index contributed by atoms with van der Waals surface area (Å²) >= 11 is 2.32. The first-order valence-corrected chi connectivity index (χ1v) is 15.0. The summed E-state index contributed by atoms with van der Waals surface area (Å²) in [5.41, 5.74) is 2.35. The van der Waals surface area contributed by atoms with Crippen molar-refractivity contribution in [2.24, 2.45) is 0 Å². The van der Waals surface area contributed by atoms with Gasteiger partial charge >= 0.3 is 11.9 Å². The van der Waals surface area contributed by atoms with E-state index in [2.05, 4.69) is 10.2 Å². The number of carbonyl (C=O) groups is 3. The Morgan fingerprint density at radius 3 is 2.60 bits per heavy atom. The largest absolute Gasteiger partial charge is 0.507 e. The summed E-state index contributed by atoms with van der Waals surface area (Å²) in [6.45, 7) is 1.94. The molecule has 1 saturated heterocycles. The quantitative estimate of drug-likeness (QED) is 0.0695. The van der Waals surface area contributed by atoms with Crippen molar-refractivity contribution < 1.29 is 33.4 Å². The fourth-order valence-electron chi connectivity index (χ4n) is 5.10. The number of hydrogen-bond acceptors (Lipinski definition) is 10. The Morgan fingerprint density at radius 1 is 1.12 bits per heavy atom. The monoisotopic (exact) mass is 617 g/mol. The number of aliphatic hydroxyl groups is 1. The second-order valence-electron chi connectivity index (χ2n) is 9.97. The number of thioether (sulfide) groups is 1. The molecule has 0 bridgehead atoms. The van der Waals surface area contributed by atoms with Crippen molar-refractivity contribution in [1.82, 2.24) is 10.2 Å². The van der Waals surface area contributed by atoms with Gasteiger partial charge in [-0.3, -0.25) is 14.5 Å². The number of esters is 1. The molecule has 3 heterocycles. The lowest BCUT2D eigenvalue weighted by molar-refractivity contribution is -0.132. The minimum absolute atomic E-state index is 0.0193. The predicted octanol–water partition coefficient (Wildman–Crippen LogP) is 5.71. The third kappa shape index (κ3) is 5.39. The number of carbonyl (C=O) groups excluding carboxylic acids is 3. The van der Waals surface area contributed by atoms with E-state index in [9.17, 15) is 23.9 Å². The summed E-state index contributed by atoms with van der Waals surface area (Å²) in [7, 11) is 1.27. The first-order chi connectivity index (χ1) is 20.7.